The molecule has 1 fully saturated rings. The first kappa shape index (κ1) is 13.2. The molecule has 1 aliphatic heterocycles. The molecule has 1 saturated heterocycles. The Labute approximate surface area is 117 Å². The van der Waals surface area contributed by atoms with Crippen molar-refractivity contribution < 1.29 is 9.26 Å². The van der Waals surface area contributed by atoms with E-state index >= 15 is 0 Å². The molecule has 3 heterocycles. The van der Waals surface area contributed by atoms with Crippen molar-refractivity contribution in [2.75, 3.05) is 26.8 Å². The Bertz CT molecular complexity index is 537. The van der Waals surface area contributed by atoms with Crippen LogP contribution in [0.3, 0.4) is 0 Å². The summed E-state index contributed by atoms with van der Waals surface area (Å²) in [6.07, 6.45) is 4.59. The molecule has 0 spiro atoms. The minimum atomic E-state index is 0.589. The normalized spacial score (nSPS) is 18.8. The second kappa shape index (κ2) is 6.11. The fraction of sp³-hybridized carbons (Fsp3) is 0.500. The van der Waals surface area contributed by atoms with Crippen molar-refractivity contribution in [1.29, 1.82) is 0 Å². The zero-order valence-electron chi connectivity index (χ0n) is 11.5. The van der Waals surface area contributed by atoms with E-state index in [1.165, 1.54) is 0 Å². The number of ether oxygens (including phenoxy) is 1. The van der Waals surface area contributed by atoms with E-state index in [4.69, 9.17) is 9.26 Å². The first-order valence-corrected chi connectivity index (χ1v) is 6.80. The first-order chi connectivity index (χ1) is 9.81. The molecular formula is C14H18N4O2. The third-order valence-corrected chi connectivity index (χ3v) is 3.39. The van der Waals surface area contributed by atoms with Gasteiger partial charge in [0.2, 0.25) is 11.7 Å². The highest BCUT2D eigenvalue weighted by molar-refractivity contribution is 5.51. The Hall–Kier alpha value is -1.79. The molecule has 106 valence electrons. The van der Waals surface area contributed by atoms with Gasteiger partial charge in [-0.2, -0.15) is 4.98 Å². The van der Waals surface area contributed by atoms with Crippen molar-refractivity contribution >= 4 is 0 Å². The van der Waals surface area contributed by atoms with Gasteiger partial charge in [-0.1, -0.05) is 5.16 Å². The van der Waals surface area contributed by atoms with Crippen molar-refractivity contribution in [2.24, 2.45) is 5.92 Å². The molecule has 0 aliphatic carbocycles. The molecule has 0 radical (unpaired) electrons. The van der Waals surface area contributed by atoms with Gasteiger partial charge < -0.3 is 9.26 Å². The van der Waals surface area contributed by atoms with E-state index in [1.807, 2.05) is 12.1 Å². The van der Waals surface area contributed by atoms with Crippen LogP contribution in [-0.4, -0.2) is 46.8 Å². The molecule has 0 saturated carbocycles. The summed E-state index contributed by atoms with van der Waals surface area (Å²) < 4.78 is 10.7. The van der Waals surface area contributed by atoms with Crippen LogP contribution >= 0.6 is 0 Å². The summed E-state index contributed by atoms with van der Waals surface area (Å²) in [5.41, 5.74) is 0.870. The number of hydrogen-bond donors (Lipinski definition) is 0. The van der Waals surface area contributed by atoms with Crippen LogP contribution in [0, 0.1) is 5.92 Å². The summed E-state index contributed by atoms with van der Waals surface area (Å²) in [4.78, 5) is 10.7. The van der Waals surface area contributed by atoms with Gasteiger partial charge in [0, 0.05) is 31.1 Å². The molecule has 20 heavy (non-hydrogen) atoms. The monoisotopic (exact) mass is 274 g/mol. The summed E-state index contributed by atoms with van der Waals surface area (Å²) in [5, 5.41) is 3.99. The molecule has 0 N–H and O–H groups in total. The van der Waals surface area contributed by atoms with E-state index in [0.717, 1.165) is 31.7 Å². The van der Waals surface area contributed by atoms with Gasteiger partial charge in [-0.05, 0) is 31.5 Å². The lowest BCUT2D eigenvalue weighted by molar-refractivity contribution is 0.169. The summed E-state index contributed by atoms with van der Waals surface area (Å²) in [6, 6.07) is 3.78. The topological polar surface area (TPSA) is 64.3 Å². The fourth-order valence-corrected chi connectivity index (χ4v) is 2.39. The van der Waals surface area contributed by atoms with E-state index in [-0.39, 0.29) is 0 Å². The second-order valence-electron chi connectivity index (χ2n) is 5.18. The Balaban J connectivity index is 1.59. The molecule has 0 bridgehead atoms. The van der Waals surface area contributed by atoms with Gasteiger partial charge in [-0.15, -0.1) is 0 Å². The third-order valence-electron chi connectivity index (χ3n) is 3.39. The molecule has 2 aromatic heterocycles. The SMILES string of the molecule is CN(Cc1nc(-c2cccnc2)no1)C[C@H]1CCOC1. The predicted octanol–water partition coefficient (Wildman–Crippen LogP) is 1.60. The molecule has 1 aliphatic rings. The van der Waals surface area contributed by atoms with Crippen LogP contribution < -0.4 is 0 Å². The van der Waals surface area contributed by atoms with Gasteiger partial charge in [-0.25, -0.2) is 0 Å². The average Bonchev–Trinajstić information content (AvgIpc) is 3.11. The zero-order chi connectivity index (χ0) is 13.8. The number of nitrogens with zero attached hydrogens (tertiary/aromatic N) is 4. The van der Waals surface area contributed by atoms with Crippen LogP contribution in [0.15, 0.2) is 29.0 Å². The quantitative estimate of drug-likeness (QED) is 0.825. The van der Waals surface area contributed by atoms with Crippen LogP contribution in [0.25, 0.3) is 11.4 Å². The minimum Gasteiger partial charge on any atom is -0.381 e. The second-order valence-corrected chi connectivity index (χ2v) is 5.18. The maximum atomic E-state index is 5.39. The summed E-state index contributed by atoms with van der Waals surface area (Å²) in [6.45, 7) is 3.38. The van der Waals surface area contributed by atoms with Gasteiger partial charge in [-0.3, -0.25) is 9.88 Å². The maximum absolute atomic E-state index is 5.39. The van der Waals surface area contributed by atoms with E-state index in [9.17, 15) is 0 Å². The van der Waals surface area contributed by atoms with E-state index in [1.54, 1.807) is 12.4 Å². The van der Waals surface area contributed by atoms with Gasteiger partial charge >= 0.3 is 0 Å². The van der Waals surface area contributed by atoms with Gasteiger partial charge in [0.15, 0.2) is 0 Å². The minimum absolute atomic E-state index is 0.589. The highest BCUT2D eigenvalue weighted by Crippen LogP contribution is 2.16. The summed E-state index contributed by atoms with van der Waals surface area (Å²) in [5.74, 6) is 1.83. The van der Waals surface area contributed by atoms with E-state index in [2.05, 4.69) is 27.1 Å². The fourth-order valence-electron chi connectivity index (χ4n) is 2.39. The summed E-state index contributed by atoms with van der Waals surface area (Å²) in [7, 11) is 2.06. The Morgan fingerprint density at radius 2 is 2.40 bits per heavy atom. The molecule has 6 nitrogen and oxygen atoms in total. The lowest BCUT2D eigenvalue weighted by atomic mass is 10.1. The lowest BCUT2D eigenvalue weighted by Gasteiger charge is -2.17. The number of aromatic nitrogens is 3. The Kier molecular flexibility index (Phi) is 4.03. The van der Waals surface area contributed by atoms with Crippen LogP contribution in [0.2, 0.25) is 0 Å². The molecule has 0 unspecified atom stereocenters. The molecule has 0 amide bonds. The van der Waals surface area contributed by atoms with Crippen molar-refractivity contribution in [1.82, 2.24) is 20.0 Å². The molecule has 0 aromatic carbocycles. The Morgan fingerprint density at radius 1 is 1.45 bits per heavy atom. The van der Waals surface area contributed by atoms with Crippen molar-refractivity contribution in [2.45, 2.75) is 13.0 Å². The first-order valence-electron chi connectivity index (χ1n) is 6.80. The standard InChI is InChI=1S/C14H18N4O2/c1-18(8-11-4-6-19-10-11)9-13-16-14(17-20-13)12-3-2-5-15-7-12/h2-3,5,7,11H,4,6,8-10H2,1H3/t11-/m1/s1. The molecule has 1 atom stereocenters. The van der Waals surface area contributed by atoms with Crippen LogP contribution in [0.4, 0.5) is 0 Å². The van der Waals surface area contributed by atoms with Crippen LogP contribution in [0.1, 0.15) is 12.3 Å². The molecule has 6 heteroatoms. The van der Waals surface area contributed by atoms with E-state index < -0.39 is 0 Å². The van der Waals surface area contributed by atoms with Crippen LogP contribution in [0.5, 0.6) is 0 Å². The highest BCUT2D eigenvalue weighted by atomic mass is 16.5. The largest absolute Gasteiger partial charge is 0.381 e. The van der Waals surface area contributed by atoms with Crippen LogP contribution in [-0.2, 0) is 11.3 Å². The summed E-state index contributed by atoms with van der Waals surface area (Å²) >= 11 is 0. The zero-order valence-corrected chi connectivity index (χ0v) is 11.5. The Morgan fingerprint density at radius 3 is 3.15 bits per heavy atom. The maximum Gasteiger partial charge on any atom is 0.241 e. The third kappa shape index (κ3) is 3.20. The highest BCUT2D eigenvalue weighted by Gasteiger charge is 2.19. The van der Waals surface area contributed by atoms with E-state index in [0.29, 0.717) is 24.2 Å². The van der Waals surface area contributed by atoms with Crippen molar-refractivity contribution in [3.05, 3.63) is 30.4 Å². The number of hydrogen-bond acceptors (Lipinski definition) is 6. The van der Waals surface area contributed by atoms with Gasteiger partial charge in [0.1, 0.15) is 0 Å². The smallest absolute Gasteiger partial charge is 0.241 e. The molecule has 2 aromatic rings. The van der Waals surface area contributed by atoms with Gasteiger partial charge in [0.05, 0.1) is 13.2 Å². The molecular weight excluding hydrogens is 256 g/mol. The van der Waals surface area contributed by atoms with Crippen molar-refractivity contribution in [3.63, 3.8) is 0 Å². The average molecular weight is 274 g/mol. The van der Waals surface area contributed by atoms with Gasteiger partial charge in [0.25, 0.3) is 0 Å². The number of rotatable bonds is 5. The lowest BCUT2D eigenvalue weighted by Crippen LogP contribution is -2.25. The van der Waals surface area contributed by atoms with Crippen molar-refractivity contribution in [3.8, 4) is 11.4 Å². The molecule has 3 rings (SSSR count). The predicted molar refractivity (Wildman–Crippen MR) is 72.8 cm³/mol. The number of pyridine rings is 1.